The van der Waals surface area contributed by atoms with Crippen molar-refractivity contribution < 1.29 is 13.0 Å². The summed E-state index contributed by atoms with van der Waals surface area (Å²) >= 11 is 0. The van der Waals surface area contributed by atoms with Crippen LogP contribution in [0, 0.1) is 5.53 Å². The first-order chi connectivity index (χ1) is 5.55. The van der Waals surface area contributed by atoms with E-state index in [9.17, 15) is 8.42 Å². The summed E-state index contributed by atoms with van der Waals surface area (Å²) in [5.74, 6) is 0. The fourth-order valence-corrected chi connectivity index (χ4v) is 1.40. The number of benzene rings is 1. The average Bonchev–Trinajstić information content (AvgIpc) is 2.03. The first-order valence-electron chi connectivity index (χ1n) is 2.99. The smallest absolute Gasteiger partial charge is 0.282 e. The van der Waals surface area contributed by atoms with E-state index in [2.05, 4.69) is 5.11 Å². The molecule has 6 heteroatoms. The van der Waals surface area contributed by atoms with Crippen LogP contribution in [0.4, 0.5) is 5.69 Å². The van der Waals surface area contributed by atoms with Crippen molar-refractivity contribution in [3.8, 4) is 0 Å². The highest BCUT2D eigenvalue weighted by Crippen LogP contribution is 2.22. The fourth-order valence-electron chi connectivity index (χ4n) is 0.768. The Labute approximate surface area is 69.3 Å². The Kier molecular flexibility index (Phi) is 2.20. The number of rotatable bonds is 2. The van der Waals surface area contributed by atoms with Crippen molar-refractivity contribution in [3.63, 3.8) is 0 Å². The molecule has 0 aliphatic rings. The summed E-state index contributed by atoms with van der Waals surface area (Å²) in [6, 6.07) is 5.48. The molecule has 12 heavy (non-hydrogen) atoms. The van der Waals surface area contributed by atoms with Gasteiger partial charge in [0, 0.05) is 0 Å². The summed E-state index contributed by atoms with van der Waals surface area (Å²) in [6.07, 6.45) is 0. The molecule has 1 aromatic rings. The zero-order valence-electron chi connectivity index (χ0n) is 5.93. The van der Waals surface area contributed by atoms with Crippen LogP contribution in [-0.4, -0.2) is 13.0 Å². The number of nitrogens with zero attached hydrogens (tertiary/aromatic N) is 1. The molecule has 0 unspecified atom stereocenters. The molecule has 0 spiro atoms. The number of para-hydroxylation sites is 1. The topological polar surface area (TPSA) is 90.6 Å². The van der Waals surface area contributed by atoms with Gasteiger partial charge in [0.1, 0.15) is 10.6 Å². The van der Waals surface area contributed by atoms with Crippen molar-refractivity contribution in [1.82, 2.24) is 0 Å². The van der Waals surface area contributed by atoms with Gasteiger partial charge in [-0.3, -0.25) is 4.55 Å². The van der Waals surface area contributed by atoms with Gasteiger partial charge in [0.25, 0.3) is 10.1 Å². The molecule has 0 atom stereocenters. The summed E-state index contributed by atoms with van der Waals surface area (Å²) in [7, 11) is -4.26. The Morgan fingerprint density at radius 3 is 2.33 bits per heavy atom. The minimum Gasteiger partial charge on any atom is -0.282 e. The zero-order valence-corrected chi connectivity index (χ0v) is 6.75. The summed E-state index contributed by atoms with van der Waals surface area (Å²) in [5.41, 5.74) is 6.54. The molecule has 0 amide bonds. The third-order valence-electron chi connectivity index (χ3n) is 1.26. The summed E-state index contributed by atoms with van der Waals surface area (Å²) < 4.78 is 29.9. The van der Waals surface area contributed by atoms with Gasteiger partial charge < -0.3 is 0 Å². The van der Waals surface area contributed by atoms with Gasteiger partial charge in [-0.1, -0.05) is 12.1 Å². The van der Waals surface area contributed by atoms with E-state index in [0.717, 1.165) is 0 Å². The lowest BCUT2D eigenvalue weighted by molar-refractivity contribution is 0.483. The predicted octanol–water partition coefficient (Wildman–Crippen LogP) is 1.60. The molecule has 2 N–H and O–H groups in total. The summed E-state index contributed by atoms with van der Waals surface area (Å²) in [6.45, 7) is 0. The van der Waals surface area contributed by atoms with E-state index < -0.39 is 10.1 Å². The first kappa shape index (κ1) is 8.82. The Hall–Kier alpha value is -1.27. The molecule has 0 aliphatic heterocycles. The lowest BCUT2D eigenvalue weighted by Crippen LogP contribution is -1.97. The van der Waals surface area contributed by atoms with E-state index in [1.54, 1.807) is 0 Å². The predicted molar refractivity (Wildman–Crippen MR) is 41.1 cm³/mol. The Bertz CT molecular complexity index is 399. The fraction of sp³-hybridized carbons (Fsp3) is 0. The highest BCUT2D eigenvalue weighted by molar-refractivity contribution is 7.86. The highest BCUT2D eigenvalue weighted by Gasteiger charge is 2.13. The van der Waals surface area contributed by atoms with Crippen LogP contribution >= 0.6 is 0 Å². The third-order valence-corrected chi connectivity index (χ3v) is 2.16. The maximum absolute atomic E-state index is 10.6. The van der Waals surface area contributed by atoms with Crippen LogP contribution in [0.3, 0.4) is 0 Å². The second kappa shape index (κ2) is 3.00. The van der Waals surface area contributed by atoms with Crippen molar-refractivity contribution in [3.05, 3.63) is 24.3 Å². The van der Waals surface area contributed by atoms with E-state index in [1.165, 1.54) is 24.3 Å². The van der Waals surface area contributed by atoms with Crippen molar-refractivity contribution >= 4 is 15.8 Å². The molecule has 64 valence electrons. The van der Waals surface area contributed by atoms with Crippen molar-refractivity contribution in [2.24, 2.45) is 5.11 Å². The zero-order chi connectivity index (χ0) is 9.19. The molecule has 5 nitrogen and oxygen atoms in total. The van der Waals surface area contributed by atoms with Crippen LogP contribution in [-0.2, 0) is 10.1 Å². The highest BCUT2D eigenvalue weighted by atomic mass is 32.2. The number of nitrogens with one attached hydrogen (secondary N) is 1. The minimum absolute atomic E-state index is 0.0694. The van der Waals surface area contributed by atoms with Crippen LogP contribution in [0.25, 0.3) is 0 Å². The van der Waals surface area contributed by atoms with Gasteiger partial charge in [-0.05, 0) is 12.1 Å². The van der Waals surface area contributed by atoms with Gasteiger partial charge in [0.2, 0.25) is 0 Å². The summed E-state index contributed by atoms with van der Waals surface area (Å²) in [4.78, 5) is -0.347. The Balaban J connectivity index is 3.43. The summed E-state index contributed by atoms with van der Waals surface area (Å²) in [5, 5.41) is 2.95. The van der Waals surface area contributed by atoms with E-state index in [0.29, 0.717) is 0 Å². The van der Waals surface area contributed by atoms with Gasteiger partial charge in [-0.25, -0.2) is 5.53 Å². The van der Waals surface area contributed by atoms with Gasteiger partial charge >= 0.3 is 0 Å². The molecule has 1 rings (SSSR count). The molecular weight excluding hydrogens is 180 g/mol. The average molecular weight is 186 g/mol. The normalized spacial score (nSPS) is 11.1. The molecule has 0 bridgehead atoms. The van der Waals surface area contributed by atoms with Gasteiger partial charge in [0.15, 0.2) is 0 Å². The molecule has 0 aliphatic carbocycles. The van der Waals surface area contributed by atoms with Crippen LogP contribution in [0.2, 0.25) is 0 Å². The number of hydrogen-bond acceptors (Lipinski definition) is 4. The largest absolute Gasteiger partial charge is 0.296 e. The van der Waals surface area contributed by atoms with Crippen molar-refractivity contribution in [2.75, 3.05) is 0 Å². The molecule has 0 saturated carbocycles. The van der Waals surface area contributed by atoms with Crippen molar-refractivity contribution in [2.45, 2.75) is 4.90 Å². The third kappa shape index (κ3) is 1.66. The maximum atomic E-state index is 10.6. The standard InChI is InChI=1S/C6H6N2O3S/c7-8-5-3-1-2-4-6(5)12(9,10)11/h1-4,7H,(H,9,10,11). The van der Waals surface area contributed by atoms with Gasteiger partial charge in [-0.15, -0.1) is 0 Å². The van der Waals surface area contributed by atoms with E-state index in [1.807, 2.05) is 0 Å². The van der Waals surface area contributed by atoms with E-state index in [4.69, 9.17) is 10.1 Å². The molecule has 1 aromatic carbocycles. The maximum Gasteiger partial charge on any atom is 0.296 e. The second-order valence-electron chi connectivity index (χ2n) is 2.05. The molecule has 0 radical (unpaired) electrons. The first-order valence-corrected chi connectivity index (χ1v) is 4.43. The van der Waals surface area contributed by atoms with E-state index >= 15 is 0 Å². The molecule has 0 aromatic heterocycles. The SMILES string of the molecule is N=Nc1ccccc1S(=O)(=O)O. The Morgan fingerprint density at radius 1 is 1.33 bits per heavy atom. The van der Waals surface area contributed by atoms with E-state index in [-0.39, 0.29) is 10.6 Å². The number of hydrogen-bond donors (Lipinski definition) is 2. The quantitative estimate of drug-likeness (QED) is 0.542. The van der Waals surface area contributed by atoms with Gasteiger partial charge in [-0.2, -0.15) is 13.5 Å². The van der Waals surface area contributed by atoms with Crippen LogP contribution in [0.15, 0.2) is 34.3 Å². The van der Waals surface area contributed by atoms with Crippen LogP contribution in [0.1, 0.15) is 0 Å². The lowest BCUT2D eigenvalue weighted by Gasteiger charge is -1.98. The lowest BCUT2D eigenvalue weighted by atomic mass is 10.3. The second-order valence-corrected chi connectivity index (χ2v) is 3.44. The van der Waals surface area contributed by atoms with Crippen LogP contribution in [0.5, 0.6) is 0 Å². The molecular formula is C6H6N2O3S. The molecule has 0 heterocycles. The van der Waals surface area contributed by atoms with Crippen molar-refractivity contribution in [1.29, 1.82) is 5.53 Å². The molecule has 0 fully saturated rings. The Morgan fingerprint density at radius 2 is 1.92 bits per heavy atom. The molecule has 0 saturated heterocycles. The minimum atomic E-state index is -4.26. The van der Waals surface area contributed by atoms with Crippen LogP contribution < -0.4 is 0 Å². The monoisotopic (exact) mass is 186 g/mol. The van der Waals surface area contributed by atoms with Gasteiger partial charge in [0.05, 0.1) is 0 Å².